The average Bonchev–Trinajstić information content (AvgIpc) is 2.34. The fourth-order valence-corrected chi connectivity index (χ4v) is 1.03. The highest BCUT2D eigenvalue weighted by Crippen LogP contribution is 2.17. The van der Waals surface area contributed by atoms with Crippen LogP contribution < -0.4 is 16.8 Å². The Labute approximate surface area is 75.9 Å². The molecule has 0 atom stereocenters. The van der Waals surface area contributed by atoms with Crippen molar-refractivity contribution in [2.45, 2.75) is 13.0 Å². The van der Waals surface area contributed by atoms with E-state index < -0.39 is 5.95 Å². The molecule has 0 saturated carbocycles. The molecule has 1 rings (SSSR count). The van der Waals surface area contributed by atoms with E-state index in [0.717, 1.165) is 13.0 Å². The smallest absolute Gasteiger partial charge is 0.257 e. The van der Waals surface area contributed by atoms with E-state index in [-0.39, 0.29) is 11.5 Å². The topological polar surface area (TPSA) is 81.9 Å². The van der Waals surface area contributed by atoms with Crippen LogP contribution in [0.25, 0.3) is 0 Å². The number of nitrogens with one attached hydrogen (secondary N) is 1. The lowest BCUT2D eigenvalue weighted by Gasteiger charge is -2.02. The Bertz CT molecular complexity index is 283. The van der Waals surface area contributed by atoms with Gasteiger partial charge in [0.25, 0.3) is 5.95 Å². The first-order valence-corrected chi connectivity index (χ1v) is 4.08. The van der Waals surface area contributed by atoms with Gasteiger partial charge in [-0.3, -0.25) is 0 Å². The molecule has 0 unspecified atom stereocenters. The van der Waals surface area contributed by atoms with Crippen LogP contribution in [0.2, 0.25) is 0 Å². The van der Waals surface area contributed by atoms with Gasteiger partial charge >= 0.3 is 0 Å². The number of nitrogens with zero attached hydrogens (tertiary/aromatic N) is 2. The van der Waals surface area contributed by atoms with Crippen LogP contribution in [-0.2, 0) is 6.54 Å². The minimum atomic E-state index is -0.693. The molecule has 0 radical (unpaired) electrons. The van der Waals surface area contributed by atoms with Gasteiger partial charge < -0.3 is 16.8 Å². The first-order valence-electron chi connectivity index (χ1n) is 4.08. The van der Waals surface area contributed by atoms with Crippen LogP contribution in [0.4, 0.5) is 15.9 Å². The first kappa shape index (κ1) is 9.79. The van der Waals surface area contributed by atoms with Gasteiger partial charge in [-0.25, -0.2) is 4.68 Å². The van der Waals surface area contributed by atoms with Gasteiger partial charge in [-0.15, -0.1) is 5.10 Å². The molecular formula is C7H14FN5. The molecule has 74 valence electrons. The Morgan fingerprint density at radius 3 is 2.69 bits per heavy atom. The Kier molecular flexibility index (Phi) is 3.07. The highest BCUT2D eigenvalue weighted by molar-refractivity contribution is 5.57. The number of hydrogen-bond acceptors (Lipinski definition) is 4. The summed E-state index contributed by atoms with van der Waals surface area (Å²) in [6, 6.07) is 0. The number of rotatable bonds is 4. The molecular weight excluding hydrogens is 173 g/mol. The minimum Gasteiger partial charge on any atom is -0.392 e. The van der Waals surface area contributed by atoms with Crippen LogP contribution in [0.1, 0.15) is 6.42 Å². The molecule has 5 nitrogen and oxygen atoms in total. The van der Waals surface area contributed by atoms with E-state index in [2.05, 4.69) is 10.4 Å². The fourth-order valence-electron chi connectivity index (χ4n) is 1.03. The van der Waals surface area contributed by atoms with Crippen LogP contribution in [0.5, 0.6) is 0 Å². The largest absolute Gasteiger partial charge is 0.392 e. The molecule has 0 aromatic carbocycles. The third-order valence-corrected chi connectivity index (χ3v) is 1.78. The molecule has 0 aliphatic carbocycles. The van der Waals surface area contributed by atoms with Crippen molar-refractivity contribution >= 4 is 11.5 Å². The van der Waals surface area contributed by atoms with Gasteiger partial charge in [0, 0.05) is 6.54 Å². The van der Waals surface area contributed by atoms with Gasteiger partial charge in [-0.2, -0.15) is 4.39 Å². The molecule has 1 aromatic heterocycles. The van der Waals surface area contributed by atoms with Gasteiger partial charge in [-0.1, -0.05) is 0 Å². The second-order valence-corrected chi connectivity index (χ2v) is 2.77. The summed E-state index contributed by atoms with van der Waals surface area (Å²) in [5, 5.41) is 6.53. The van der Waals surface area contributed by atoms with Gasteiger partial charge in [0.1, 0.15) is 11.5 Å². The second kappa shape index (κ2) is 4.08. The summed E-state index contributed by atoms with van der Waals surface area (Å²) in [6.07, 6.45) is 0.835. The molecule has 0 saturated heterocycles. The lowest BCUT2D eigenvalue weighted by molar-refractivity contribution is 0.509. The molecule has 0 aliphatic heterocycles. The Balaban J connectivity index is 2.61. The Hall–Kier alpha value is -1.30. The predicted molar refractivity (Wildman–Crippen MR) is 49.6 cm³/mol. The van der Waals surface area contributed by atoms with E-state index in [0.29, 0.717) is 6.54 Å². The van der Waals surface area contributed by atoms with Crippen molar-refractivity contribution in [1.82, 2.24) is 15.1 Å². The molecule has 1 aromatic rings. The minimum absolute atomic E-state index is 0.0653. The number of hydrogen-bond donors (Lipinski definition) is 3. The standard InChI is InChI=1S/C7H14FN5/c1-11-3-2-4-13-7(10)5(9)6(8)12-13/h11H,2-4,9-10H2,1H3. The van der Waals surface area contributed by atoms with Crippen molar-refractivity contribution in [2.75, 3.05) is 25.1 Å². The SMILES string of the molecule is CNCCCn1nc(F)c(N)c1N. The highest BCUT2D eigenvalue weighted by atomic mass is 19.1. The summed E-state index contributed by atoms with van der Waals surface area (Å²) in [5.74, 6) is -0.490. The third kappa shape index (κ3) is 2.09. The fraction of sp³-hybridized carbons (Fsp3) is 0.571. The maximum absolute atomic E-state index is 12.8. The van der Waals surface area contributed by atoms with E-state index in [1.807, 2.05) is 7.05 Å². The van der Waals surface area contributed by atoms with Gasteiger partial charge in [-0.05, 0) is 20.0 Å². The van der Waals surface area contributed by atoms with Crippen molar-refractivity contribution in [3.05, 3.63) is 5.95 Å². The van der Waals surface area contributed by atoms with Gasteiger partial charge in [0.2, 0.25) is 0 Å². The summed E-state index contributed by atoms with van der Waals surface area (Å²) in [7, 11) is 1.85. The van der Waals surface area contributed by atoms with Gasteiger partial charge in [0.15, 0.2) is 0 Å². The van der Waals surface area contributed by atoms with E-state index in [1.165, 1.54) is 4.68 Å². The third-order valence-electron chi connectivity index (χ3n) is 1.78. The Morgan fingerprint density at radius 1 is 1.54 bits per heavy atom. The van der Waals surface area contributed by atoms with E-state index in [1.54, 1.807) is 0 Å². The van der Waals surface area contributed by atoms with Crippen LogP contribution >= 0.6 is 0 Å². The van der Waals surface area contributed by atoms with Crippen LogP contribution in [-0.4, -0.2) is 23.4 Å². The predicted octanol–water partition coefficient (Wildman–Crippen LogP) is -0.204. The van der Waals surface area contributed by atoms with Crippen LogP contribution in [0, 0.1) is 5.95 Å². The molecule has 6 heteroatoms. The zero-order valence-corrected chi connectivity index (χ0v) is 7.55. The molecule has 0 fully saturated rings. The number of aromatic nitrogens is 2. The number of nitrogen functional groups attached to an aromatic ring is 2. The maximum Gasteiger partial charge on any atom is 0.257 e. The van der Waals surface area contributed by atoms with Crippen molar-refractivity contribution < 1.29 is 4.39 Å². The van der Waals surface area contributed by atoms with Gasteiger partial charge in [0.05, 0.1) is 0 Å². The summed E-state index contributed by atoms with van der Waals surface area (Å²) in [6.45, 7) is 1.40. The second-order valence-electron chi connectivity index (χ2n) is 2.77. The number of halogens is 1. The van der Waals surface area contributed by atoms with Crippen LogP contribution in [0.3, 0.4) is 0 Å². The molecule has 13 heavy (non-hydrogen) atoms. The van der Waals surface area contributed by atoms with Crippen LogP contribution in [0.15, 0.2) is 0 Å². The molecule has 0 aliphatic rings. The molecule has 1 heterocycles. The molecule has 0 spiro atoms. The Morgan fingerprint density at radius 2 is 2.23 bits per heavy atom. The number of anilines is 2. The molecule has 0 amide bonds. The summed E-state index contributed by atoms with van der Waals surface area (Å²) in [5.41, 5.74) is 10.7. The monoisotopic (exact) mass is 187 g/mol. The van der Waals surface area contributed by atoms with E-state index >= 15 is 0 Å². The highest BCUT2D eigenvalue weighted by Gasteiger charge is 2.10. The zero-order valence-electron chi connectivity index (χ0n) is 7.55. The quantitative estimate of drug-likeness (QED) is 0.570. The van der Waals surface area contributed by atoms with Crippen molar-refractivity contribution in [2.24, 2.45) is 0 Å². The van der Waals surface area contributed by atoms with E-state index in [4.69, 9.17) is 11.5 Å². The summed E-state index contributed by atoms with van der Waals surface area (Å²) < 4.78 is 14.1. The lowest BCUT2D eigenvalue weighted by Crippen LogP contribution is -2.13. The summed E-state index contributed by atoms with van der Waals surface area (Å²) >= 11 is 0. The number of aryl methyl sites for hydroxylation is 1. The molecule has 5 N–H and O–H groups in total. The first-order chi connectivity index (χ1) is 6.16. The average molecular weight is 187 g/mol. The lowest BCUT2D eigenvalue weighted by atomic mass is 10.4. The van der Waals surface area contributed by atoms with Crippen molar-refractivity contribution in [3.8, 4) is 0 Å². The van der Waals surface area contributed by atoms with E-state index in [9.17, 15) is 4.39 Å². The molecule has 0 bridgehead atoms. The number of nitrogens with two attached hydrogens (primary N) is 2. The normalized spacial score (nSPS) is 10.6. The summed E-state index contributed by atoms with van der Waals surface area (Å²) in [4.78, 5) is 0. The van der Waals surface area contributed by atoms with Crippen molar-refractivity contribution in [3.63, 3.8) is 0 Å². The maximum atomic E-state index is 12.8. The van der Waals surface area contributed by atoms with Crippen molar-refractivity contribution in [1.29, 1.82) is 0 Å². The zero-order chi connectivity index (χ0) is 9.84.